The van der Waals surface area contributed by atoms with Gasteiger partial charge in [-0.3, -0.25) is 9.59 Å². The molecule has 2 atom stereocenters. The number of halogens is 1. The summed E-state index contributed by atoms with van der Waals surface area (Å²) in [5.41, 5.74) is 6.43. The minimum absolute atomic E-state index is 0.0606. The third-order valence-corrected chi connectivity index (χ3v) is 7.34. The van der Waals surface area contributed by atoms with Crippen molar-refractivity contribution in [1.29, 1.82) is 0 Å². The van der Waals surface area contributed by atoms with Crippen molar-refractivity contribution in [2.75, 3.05) is 4.90 Å². The maximum Gasteiger partial charge on any atom is 0.238 e. The zero-order valence-corrected chi connectivity index (χ0v) is 17.4. The van der Waals surface area contributed by atoms with Crippen LogP contribution in [0.5, 0.6) is 0 Å². The second kappa shape index (κ2) is 5.90. The van der Waals surface area contributed by atoms with E-state index in [0.717, 1.165) is 10.0 Å². The molecule has 3 aromatic carbocycles. The lowest BCUT2D eigenvalue weighted by molar-refractivity contribution is -0.122. The number of imide groups is 1. The lowest BCUT2D eigenvalue weighted by atomic mass is 9.55. The van der Waals surface area contributed by atoms with Gasteiger partial charge in [0.1, 0.15) is 0 Å². The Bertz CT molecular complexity index is 1100. The van der Waals surface area contributed by atoms with Crippen molar-refractivity contribution in [3.05, 3.63) is 99.0 Å². The van der Waals surface area contributed by atoms with Crippen LogP contribution in [0.25, 0.3) is 0 Å². The van der Waals surface area contributed by atoms with Gasteiger partial charge in [0.15, 0.2) is 0 Å². The second-order valence-corrected chi connectivity index (χ2v) is 9.12. The Balaban J connectivity index is 1.57. The first-order valence-electron chi connectivity index (χ1n) is 9.89. The Kier molecular flexibility index (Phi) is 3.49. The average Bonchev–Trinajstić information content (AvgIpc) is 2.99. The topological polar surface area (TPSA) is 37.4 Å². The van der Waals surface area contributed by atoms with Gasteiger partial charge in [-0.25, -0.2) is 4.90 Å². The highest BCUT2D eigenvalue weighted by Gasteiger charge is 2.61. The third kappa shape index (κ3) is 2.13. The van der Waals surface area contributed by atoms with Gasteiger partial charge in [-0.15, -0.1) is 0 Å². The van der Waals surface area contributed by atoms with E-state index in [2.05, 4.69) is 40.2 Å². The van der Waals surface area contributed by atoms with Gasteiger partial charge in [0, 0.05) is 16.3 Å². The van der Waals surface area contributed by atoms with Gasteiger partial charge < -0.3 is 0 Å². The van der Waals surface area contributed by atoms with E-state index in [1.807, 2.05) is 49.4 Å². The molecule has 7 rings (SSSR count). The van der Waals surface area contributed by atoms with Crippen LogP contribution in [-0.2, 0) is 9.59 Å². The van der Waals surface area contributed by atoms with Crippen LogP contribution in [0.1, 0.15) is 39.7 Å². The Morgan fingerprint density at radius 3 is 1.59 bits per heavy atom. The number of aryl methyl sites for hydroxylation is 1. The number of rotatable bonds is 1. The summed E-state index contributed by atoms with van der Waals surface area (Å²) in [6.45, 7) is 1.95. The van der Waals surface area contributed by atoms with E-state index in [9.17, 15) is 9.59 Å². The van der Waals surface area contributed by atoms with Gasteiger partial charge in [-0.05, 0) is 52.9 Å². The molecule has 3 aromatic rings. The summed E-state index contributed by atoms with van der Waals surface area (Å²) in [5, 5.41) is 0. The van der Waals surface area contributed by atoms with E-state index in [-0.39, 0.29) is 35.5 Å². The molecule has 4 aliphatic rings. The van der Waals surface area contributed by atoms with Crippen LogP contribution in [-0.4, -0.2) is 11.8 Å². The van der Waals surface area contributed by atoms with Crippen LogP contribution >= 0.6 is 15.9 Å². The second-order valence-electron chi connectivity index (χ2n) is 8.21. The molecule has 0 unspecified atom stereocenters. The molecule has 1 aliphatic heterocycles. The van der Waals surface area contributed by atoms with Crippen LogP contribution in [0.4, 0.5) is 5.69 Å². The van der Waals surface area contributed by atoms with Crippen molar-refractivity contribution in [1.82, 2.24) is 0 Å². The summed E-state index contributed by atoms with van der Waals surface area (Å²) < 4.78 is 0.940. The lowest BCUT2D eigenvalue weighted by Gasteiger charge is -2.45. The zero-order chi connectivity index (χ0) is 19.9. The molecule has 3 aliphatic carbocycles. The molecule has 0 spiro atoms. The van der Waals surface area contributed by atoms with Gasteiger partial charge >= 0.3 is 0 Å². The van der Waals surface area contributed by atoms with Crippen molar-refractivity contribution >= 4 is 33.4 Å². The number of carbonyl (C=O) groups is 2. The maximum absolute atomic E-state index is 13.7. The summed E-state index contributed by atoms with van der Waals surface area (Å²) in [6, 6.07) is 22.4. The Labute approximate surface area is 177 Å². The Morgan fingerprint density at radius 2 is 1.17 bits per heavy atom. The average molecular weight is 444 g/mol. The SMILES string of the molecule is Cc1cc(Br)ccc1N1C(=O)[C@H]2C3c4ccccc4C(c4ccccc43)[C@@H]2C1=O. The van der Waals surface area contributed by atoms with Crippen molar-refractivity contribution < 1.29 is 9.59 Å². The summed E-state index contributed by atoms with van der Waals surface area (Å²) >= 11 is 3.48. The molecule has 2 amide bonds. The highest BCUT2D eigenvalue weighted by Crippen LogP contribution is 2.61. The first-order chi connectivity index (χ1) is 14.1. The van der Waals surface area contributed by atoms with E-state index >= 15 is 0 Å². The molecule has 2 bridgehead atoms. The number of hydrogen-bond acceptors (Lipinski definition) is 2. The molecular formula is C25H18BrNO2. The van der Waals surface area contributed by atoms with Crippen molar-refractivity contribution in [2.24, 2.45) is 11.8 Å². The summed E-state index contributed by atoms with van der Waals surface area (Å²) in [4.78, 5) is 28.8. The number of nitrogens with zero attached hydrogens (tertiary/aromatic N) is 1. The van der Waals surface area contributed by atoms with Crippen LogP contribution < -0.4 is 4.90 Å². The predicted octanol–water partition coefficient (Wildman–Crippen LogP) is 5.15. The van der Waals surface area contributed by atoms with Gasteiger partial charge in [0.2, 0.25) is 11.8 Å². The molecule has 3 nitrogen and oxygen atoms in total. The standard InChI is InChI=1S/C25H18BrNO2/c1-13-12-14(26)10-11-19(13)27-24(28)22-20-15-6-2-3-7-16(15)21(23(22)25(27)29)18-9-5-4-8-17(18)20/h2-12,20-23H,1H3/t20?,21?,22-,23-/m0/s1. The highest BCUT2D eigenvalue weighted by molar-refractivity contribution is 9.10. The molecule has 29 heavy (non-hydrogen) atoms. The quantitative estimate of drug-likeness (QED) is 0.487. The largest absolute Gasteiger partial charge is 0.274 e. The van der Waals surface area contributed by atoms with Crippen LogP contribution in [0.2, 0.25) is 0 Å². The molecule has 0 radical (unpaired) electrons. The van der Waals surface area contributed by atoms with Crippen molar-refractivity contribution in [3.8, 4) is 0 Å². The molecule has 1 fully saturated rings. The third-order valence-electron chi connectivity index (χ3n) is 6.85. The van der Waals surface area contributed by atoms with Gasteiger partial charge in [-0.2, -0.15) is 0 Å². The first kappa shape index (κ1) is 17.2. The van der Waals surface area contributed by atoms with E-state index < -0.39 is 0 Å². The molecular weight excluding hydrogens is 426 g/mol. The Morgan fingerprint density at radius 1 is 0.724 bits per heavy atom. The van der Waals surface area contributed by atoms with E-state index in [0.29, 0.717) is 5.69 Å². The number of benzene rings is 3. The van der Waals surface area contributed by atoms with E-state index in [4.69, 9.17) is 0 Å². The number of carbonyl (C=O) groups excluding carboxylic acids is 2. The maximum atomic E-state index is 13.7. The van der Waals surface area contributed by atoms with Crippen molar-refractivity contribution in [2.45, 2.75) is 18.8 Å². The normalized spacial score (nSPS) is 26.3. The fourth-order valence-electron chi connectivity index (χ4n) is 5.78. The lowest BCUT2D eigenvalue weighted by Crippen LogP contribution is -2.41. The summed E-state index contributed by atoms with van der Waals surface area (Å²) in [7, 11) is 0. The first-order valence-corrected chi connectivity index (χ1v) is 10.7. The molecule has 0 N–H and O–H groups in total. The van der Waals surface area contributed by atoms with Gasteiger partial charge in [-0.1, -0.05) is 64.5 Å². The van der Waals surface area contributed by atoms with Crippen LogP contribution in [0, 0.1) is 18.8 Å². The zero-order valence-electron chi connectivity index (χ0n) is 15.8. The van der Waals surface area contributed by atoms with Crippen LogP contribution in [0.15, 0.2) is 71.2 Å². The smallest absolute Gasteiger partial charge is 0.238 e. The minimum Gasteiger partial charge on any atom is -0.274 e. The van der Waals surface area contributed by atoms with E-state index in [1.54, 1.807) is 0 Å². The molecule has 0 aromatic heterocycles. The monoisotopic (exact) mass is 443 g/mol. The summed E-state index contributed by atoms with van der Waals surface area (Å²) in [6.07, 6.45) is 0. The molecule has 1 heterocycles. The fraction of sp³-hybridized carbons (Fsp3) is 0.200. The molecule has 0 saturated carbocycles. The summed E-state index contributed by atoms with van der Waals surface area (Å²) in [5.74, 6) is -0.918. The van der Waals surface area contributed by atoms with Crippen molar-refractivity contribution in [3.63, 3.8) is 0 Å². The number of hydrogen-bond donors (Lipinski definition) is 0. The highest BCUT2D eigenvalue weighted by atomic mass is 79.9. The molecule has 1 saturated heterocycles. The molecule has 142 valence electrons. The van der Waals surface area contributed by atoms with Gasteiger partial charge in [0.05, 0.1) is 17.5 Å². The predicted molar refractivity (Wildman–Crippen MR) is 115 cm³/mol. The van der Waals surface area contributed by atoms with Crippen LogP contribution in [0.3, 0.4) is 0 Å². The Hall–Kier alpha value is -2.72. The number of anilines is 1. The molecule has 4 heteroatoms. The van der Waals surface area contributed by atoms with E-state index in [1.165, 1.54) is 27.2 Å². The fourth-order valence-corrected chi connectivity index (χ4v) is 6.26. The van der Waals surface area contributed by atoms with Gasteiger partial charge in [0.25, 0.3) is 0 Å². The number of amides is 2. The minimum atomic E-state index is -0.333.